The molecule has 1 rings (SSSR count). The fraction of sp³-hybridized carbons (Fsp3) is 0.786. The van der Waals surface area contributed by atoms with E-state index < -0.39 is 10.0 Å². The number of rotatable bonds is 10. The second-order valence-corrected chi connectivity index (χ2v) is 7.66. The van der Waals surface area contributed by atoms with Crippen molar-refractivity contribution in [3.8, 4) is 0 Å². The van der Waals surface area contributed by atoms with Crippen molar-refractivity contribution in [1.29, 1.82) is 0 Å². The summed E-state index contributed by atoms with van der Waals surface area (Å²) in [5, 5.41) is 14.3. The number of nitrogens with zero attached hydrogens (tertiary/aromatic N) is 5. The Morgan fingerprint density at radius 1 is 1.32 bits per heavy atom. The van der Waals surface area contributed by atoms with E-state index in [0.29, 0.717) is 32.0 Å². The van der Waals surface area contributed by atoms with E-state index in [2.05, 4.69) is 25.8 Å². The van der Waals surface area contributed by atoms with Gasteiger partial charge in [0, 0.05) is 46.7 Å². The number of hydrogen-bond donors (Lipinski definition) is 2. The van der Waals surface area contributed by atoms with Gasteiger partial charge in [-0.15, -0.1) is 34.2 Å². The van der Waals surface area contributed by atoms with Crippen LogP contribution in [0.15, 0.2) is 11.3 Å². The Balaban J connectivity index is 0.00000576. The Hall–Kier alpha value is -0.950. The predicted octanol–water partition coefficient (Wildman–Crippen LogP) is 0.295. The van der Waals surface area contributed by atoms with Crippen LogP contribution in [0.4, 0.5) is 0 Å². The minimum atomic E-state index is -3.11. The highest BCUT2D eigenvalue weighted by atomic mass is 127. The average molecular weight is 487 g/mol. The molecule has 0 saturated heterocycles. The van der Waals surface area contributed by atoms with E-state index in [9.17, 15) is 8.42 Å². The number of halogens is 1. The lowest BCUT2D eigenvalue weighted by molar-refractivity contribution is 0.461. The summed E-state index contributed by atoms with van der Waals surface area (Å²) < 4.78 is 26.7. The highest BCUT2D eigenvalue weighted by Crippen LogP contribution is 1.98. The van der Waals surface area contributed by atoms with Crippen LogP contribution in [0.25, 0.3) is 0 Å². The zero-order valence-corrected chi connectivity index (χ0v) is 18.5. The summed E-state index contributed by atoms with van der Waals surface area (Å²) in [6.45, 7) is 6.29. The molecule has 25 heavy (non-hydrogen) atoms. The lowest BCUT2D eigenvalue weighted by Gasteiger charge is -2.17. The summed E-state index contributed by atoms with van der Waals surface area (Å²) in [7, 11) is 0.210. The van der Waals surface area contributed by atoms with Crippen LogP contribution in [-0.4, -0.2) is 72.9 Å². The van der Waals surface area contributed by atoms with E-state index in [1.165, 1.54) is 4.31 Å². The SMILES string of the molecule is CCc1nncn1CCNC(=NC)NCCCN(C)S(=O)(=O)CC.I. The molecule has 0 aromatic carbocycles. The molecule has 1 heterocycles. The largest absolute Gasteiger partial charge is 0.356 e. The van der Waals surface area contributed by atoms with Crippen LogP contribution in [0, 0.1) is 0 Å². The molecule has 0 aliphatic rings. The first-order valence-electron chi connectivity index (χ1n) is 8.19. The zero-order chi connectivity index (χ0) is 18.0. The smallest absolute Gasteiger partial charge is 0.213 e. The van der Waals surface area contributed by atoms with Crippen LogP contribution in [0.5, 0.6) is 0 Å². The average Bonchev–Trinajstić information content (AvgIpc) is 3.04. The lowest BCUT2D eigenvalue weighted by atomic mass is 10.4. The molecule has 1 aromatic heterocycles. The number of nitrogens with one attached hydrogen (secondary N) is 2. The van der Waals surface area contributed by atoms with Gasteiger partial charge < -0.3 is 15.2 Å². The van der Waals surface area contributed by atoms with Gasteiger partial charge in [-0.1, -0.05) is 6.92 Å². The normalized spacial score (nSPS) is 12.1. The Morgan fingerprint density at radius 2 is 2.00 bits per heavy atom. The first kappa shape index (κ1) is 24.1. The van der Waals surface area contributed by atoms with Crippen molar-refractivity contribution >= 4 is 40.0 Å². The Kier molecular flexibility index (Phi) is 11.9. The van der Waals surface area contributed by atoms with Gasteiger partial charge in [0.1, 0.15) is 12.2 Å². The maximum atomic E-state index is 11.6. The fourth-order valence-corrected chi connectivity index (χ4v) is 2.97. The van der Waals surface area contributed by atoms with Crippen LogP contribution < -0.4 is 10.6 Å². The van der Waals surface area contributed by atoms with E-state index in [-0.39, 0.29) is 29.7 Å². The van der Waals surface area contributed by atoms with E-state index in [0.717, 1.165) is 18.8 Å². The van der Waals surface area contributed by atoms with Gasteiger partial charge in [-0.25, -0.2) is 12.7 Å². The molecule has 0 fully saturated rings. The molecule has 0 aliphatic heterocycles. The number of sulfonamides is 1. The van der Waals surface area contributed by atoms with E-state index in [1.807, 2.05) is 11.5 Å². The Labute approximate surface area is 167 Å². The number of aromatic nitrogens is 3. The van der Waals surface area contributed by atoms with Crippen molar-refractivity contribution < 1.29 is 8.42 Å². The number of hydrogen-bond acceptors (Lipinski definition) is 5. The minimum Gasteiger partial charge on any atom is -0.356 e. The van der Waals surface area contributed by atoms with E-state index in [4.69, 9.17) is 0 Å². The zero-order valence-electron chi connectivity index (χ0n) is 15.4. The van der Waals surface area contributed by atoms with Crippen molar-refractivity contribution in [2.24, 2.45) is 4.99 Å². The number of aryl methyl sites for hydroxylation is 1. The standard InChI is InChI=1S/C14H29N7O2S.HI/c1-5-13-19-18-12-21(13)11-9-17-14(15-3)16-8-7-10-20(4)24(22,23)6-2;/h12H,5-11H2,1-4H3,(H2,15,16,17);1H. The first-order chi connectivity index (χ1) is 11.4. The van der Waals surface area contributed by atoms with E-state index in [1.54, 1.807) is 27.3 Å². The molecule has 0 atom stereocenters. The van der Waals surface area contributed by atoms with E-state index >= 15 is 0 Å². The Bertz CT molecular complexity index is 618. The molecule has 9 nitrogen and oxygen atoms in total. The van der Waals surface area contributed by atoms with Gasteiger partial charge in [0.15, 0.2) is 5.96 Å². The van der Waals surface area contributed by atoms with Crippen LogP contribution in [-0.2, 0) is 23.0 Å². The molecule has 2 N–H and O–H groups in total. The second-order valence-electron chi connectivity index (χ2n) is 5.30. The highest BCUT2D eigenvalue weighted by molar-refractivity contribution is 14.0. The fourth-order valence-electron chi connectivity index (χ4n) is 2.12. The molecular weight excluding hydrogens is 457 g/mol. The number of aliphatic imine (C=N–C) groups is 1. The maximum absolute atomic E-state index is 11.6. The van der Waals surface area contributed by atoms with Crippen molar-refractivity contribution in [2.75, 3.05) is 39.5 Å². The third-order valence-corrected chi connectivity index (χ3v) is 5.52. The van der Waals surface area contributed by atoms with Crippen LogP contribution in [0.1, 0.15) is 26.1 Å². The van der Waals surface area contributed by atoms with Crippen LogP contribution in [0.3, 0.4) is 0 Å². The van der Waals surface area contributed by atoms with Crippen LogP contribution in [0.2, 0.25) is 0 Å². The van der Waals surface area contributed by atoms with Gasteiger partial charge in [0.2, 0.25) is 10.0 Å². The third-order valence-electron chi connectivity index (χ3n) is 3.66. The number of guanidine groups is 1. The highest BCUT2D eigenvalue weighted by Gasteiger charge is 2.13. The summed E-state index contributed by atoms with van der Waals surface area (Å²) in [5.74, 6) is 1.78. The van der Waals surface area contributed by atoms with Gasteiger partial charge in [-0.2, -0.15) is 0 Å². The van der Waals surface area contributed by atoms with Crippen molar-refractivity contribution in [2.45, 2.75) is 33.2 Å². The minimum absolute atomic E-state index is 0. The molecule has 11 heteroatoms. The Morgan fingerprint density at radius 3 is 2.60 bits per heavy atom. The van der Waals surface area contributed by atoms with Gasteiger partial charge in [0.05, 0.1) is 5.75 Å². The summed E-state index contributed by atoms with van der Waals surface area (Å²) in [4.78, 5) is 4.15. The van der Waals surface area contributed by atoms with Crippen molar-refractivity contribution in [1.82, 2.24) is 29.7 Å². The second kappa shape index (κ2) is 12.4. The predicted molar refractivity (Wildman–Crippen MR) is 111 cm³/mol. The molecule has 0 radical (unpaired) electrons. The molecule has 0 bridgehead atoms. The molecule has 0 saturated carbocycles. The topological polar surface area (TPSA) is 105 Å². The molecule has 0 amide bonds. The molecule has 1 aromatic rings. The monoisotopic (exact) mass is 487 g/mol. The quantitative estimate of drug-likeness (QED) is 0.213. The van der Waals surface area contributed by atoms with Gasteiger partial charge in [-0.05, 0) is 13.3 Å². The van der Waals surface area contributed by atoms with Gasteiger partial charge in [0.25, 0.3) is 0 Å². The van der Waals surface area contributed by atoms with Crippen molar-refractivity contribution in [3.05, 3.63) is 12.2 Å². The van der Waals surface area contributed by atoms with Crippen LogP contribution >= 0.6 is 24.0 Å². The summed E-state index contributed by atoms with van der Waals surface area (Å²) in [6, 6.07) is 0. The molecule has 0 spiro atoms. The summed E-state index contributed by atoms with van der Waals surface area (Å²) in [6.07, 6.45) is 3.28. The maximum Gasteiger partial charge on any atom is 0.213 e. The third kappa shape index (κ3) is 8.31. The van der Waals surface area contributed by atoms with Gasteiger partial charge >= 0.3 is 0 Å². The van der Waals surface area contributed by atoms with Crippen molar-refractivity contribution in [3.63, 3.8) is 0 Å². The molecule has 0 aliphatic carbocycles. The summed E-state index contributed by atoms with van der Waals surface area (Å²) in [5.41, 5.74) is 0. The molecule has 0 unspecified atom stereocenters. The summed E-state index contributed by atoms with van der Waals surface area (Å²) >= 11 is 0. The molecule has 146 valence electrons. The lowest BCUT2D eigenvalue weighted by Crippen LogP contribution is -2.40. The van der Waals surface area contributed by atoms with Gasteiger partial charge in [-0.3, -0.25) is 4.99 Å². The molecular formula is C14H30IN7O2S. The first-order valence-corrected chi connectivity index (χ1v) is 9.80.